The molecule has 8 heteroatoms. The number of carbonyl (C=O) groups is 2. The highest BCUT2D eigenvalue weighted by Crippen LogP contribution is 2.49. The summed E-state index contributed by atoms with van der Waals surface area (Å²) >= 11 is 0. The van der Waals surface area contributed by atoms with Crippen molar-refractivity contribution < 1.29 is 32.6 Å². The summed E-state index contributed by atoms with van der Waals surface area (Å²) in [4.78, 5) is 23.3. The van der Waals surface area contributed by atoms with Crippen molar-refractivity contribution in [3.8, 4) is 5.75 Å². The summed E-state index contributed by atoms with van der Waals surface area (Å²) in [6, 6.07) is 12.1. The molecule has 0 aliphatic heterocycles. The van der Waals surface area contributed by atoms with Crippen molar-refractivity contribution in [1.29, 1.82) is 0 Å². The first-order valence-electron chi connectivity index (χ1n) is 8.62. The smallest absolute Gasteiger partial charge is 0.481 e. The normalized spacial score (nSPS) is 15.0. The van der Waals surface area contributed by atoms with Crippen molar-refractivity contribution >= 4 is 17.6 Å². The highest BCUT2D eigenvalue weighted by Gasteiger charge is 2.49. The lowest BCUT2D eigenvalue weighted by Gasteiger charge is -2.16. The van der Waals surface area contributed by atoms with Gasteiger partial charge in [-0.2, -0.15) is 0 Å². The van der Waals surface area contributed by atoms with Crippen molar-refractivity contribution in [2.75, 3.05) is 5.32 Å². The number of carboxylic acid groups (broad SMARTS) is 1. The van der Waals surface area contributed by atoms with Crippen LogP contribution in [0.3, 0.4) is 0 Å². The third-order valence-electron chi connectivity index (χ3n) is 4.60. The molecule has 0 radical (unpaired) electrons. The molecule has 2 aromatic carbocycles. The zero-order valence-electron chi connectivity index (χ0n) is 14.8. The first kappa shape index (κ1) is 19.7. The highest BCUT2D eigenvalue weighted by atomic mass is 19.4. The number of rotatable bonds is 7. The summed E-state index contributed by atoms with van der Waals surface area (Å²) in [7, 11) is 0. The Labute approximate surface area is 159 Å². The minimum atomic E-state index is -4.74. The number of halogens is 3. The van der Waals surface area contributed by atoms with Crippen LogP contribution in [0, 0.1) is 5.41 Å². The molecule has 0 bridgehead atoms. The summed E-state index contributed by atoms with van der Waals surface area (Å²) in [5, 5.41) is 11.6. The summed E-state index contributed by atoms with van der Waals surface area (Å²) in [6.07, 6.45) is -3.03. The molecule has 0 spiro atoms. The van der Waals surface area contributed by atoms with Gasteiger partial charge in [0.25, 0.3) is 0 Å². The van der Waals surface area contributed by atoms with Gasteiger partial charge in [-0.3, -0.25) is 9.59 Å². The lowest BCUT2D eigenvalue weighted by Crippen LogP contribution is -2.26. The van der Waals surface area contributed by atoms with Gasteiger partial charge in [0, 0.05) is 5.69 Å². The molecule has 0 heterocycles. The molecule has 0 aromatic heterocycles. The number of benzene rings is 2. The van der Waals surface area contributed by atoms with Crippen molar-refractivity contribution in [3.63, 3.8) is 0 Å². The number of hydrogen-bond acceptors (Lipinski definition) is 3. The lowest BCUT2D eigenvalue weighted by atomic mass is 9.95. The van der Waals surface area contributed by atoms with Crippen molar-refractivity contribution in [1.82, 2.24) is 0 Å². The maximum Gasteiger partial charge on any atom is 0.573 e. The van der Waals surface area contributed by atoms with Crippen LogP contribution < -0.4 is 10.1 Å². The van der Waals surface area contributed by atoms with Crippen LogP contribution >= 0.6 is 0 Å². The third-order valence-corrected chi connectivity index (χ3v) is 4.60. The van der Waals surface area contributed by atoms with Gasteiger partial charge in [-0.25, -0.2) is 0 Å². The Morgan fingerprint density at radius 1 is 1.00 bits per heavy atom. The van der Waals surface area contributed by atoms with Gasteiger partial charge < -0.3 is 15.2 Å². The van der Waals surface area contributed by atoms with Crippen molar-refractivity contribution in [2.24, 2.45) is 5.41 Å². The Morgan fingerprint density at radius 3 is 2.07 bits per heavy atom. The maximum absolute atomic E-state index is 12.6. The Balaban J connectivity index is 1.60. The predicted molar refractivity (Wildman–Crippen MR) is 94.9 cm³/mol. The number of hydrogen-bond donors (Lipinski definition) is 2. The molecule has 0 unspecified atom stereocenters. The van der Waals surface area contributed by atoms with E-state index in [0.717, 1.165) is 5.56 Å². The Bertz CT molecular complexity index is 857. The molecule has 5 nitrogen and oxygen atoms in total. The molecule has 1 saturated carbocycles. The second-order valence-electron chi connectivity index (χ2n) is 6.87. The quantitative estimate of drug-likeness (QED) is 0.740. The van der Waals surface area contributed by atoms with Crippen molar-refractivity contribution in [3.05, 3.63) is 59.7 Å². The van der Waals surface area contributed by atoms with E-state index in [9.17, 15) is 22.8 Å². The average Bonchev–Trinajstić information content (AvgIpc) is 3.37. The summed E-state index contributed by atoms with van der Waals surface area (Å²) in [5.74, 6) is -1.39. The molecule has 0 atom stereocenters. The Hall–Kier alpha value is -3.03. The standard InChI is InChI=1S/C20H18F3NO4/c21-20(22,23)28-16-7-3-14(4-8-16)12-19(9-10-19)18(27)24-15-5-1-13(2-6-15)11-17(25)26/h1-8H,9-12H2,(H,24,27)(H,25,26). The molecule has 28 heavy (non-hydrogen) atoms. The van der Waals surface area contributed by atoms with Crippen LogP contribution in [0.2, 0.25) is 0 Å². The number of aliphatic carboxylic acids is 1. The van der Waals surface area contributed by atoms with E-state index in [2.05, 4.69) is 10.1 Å². The number of ether oxygens (including phenoxy) is 1. The van der Waals surface area contributed by atoms with Gasteiger partial charge in [0.1, 0.15) is 5.75 Å². The van der Waals surface area contributed by atoms with Gasteiger partial charge in [0.2, 0.25) is 5.91 Å². The fourth-order valence-electron chi connectivity index (χ4n) is 2.98. The van der Waals surface area contributed by atoms with E-state index in [0.29, 0.717) is 30.5 Å². The van der Waals surface area contributed by atoms with Crippen LogP contribution in [0.1, 0.15) is 24.0 Å². The largest absolute Gasteiger partial charge is 0.573 e. The molecular formula is C20H18F3NO4. The van der Waals surface area contributed by atoms with Gasteiger partial charge in [-0.05, 0) is 54.7 Å². The van der Waals surface area contributed by atoms with Gasteiger partial charge in [-0.15, -0.1) is 13.2 Å². The molecule has 3 rings (SSSR count). The lowest BCUT2D eigenvalue weighted by molar-refractivity contribution is -0.274. The maximum atomic E-state index is 12.6. The molecule has 2 aromatic rings. The number of alkyl halides is 3. The van der Waals surface area contributed by atoms with Crippen LogP contribution in [0.5, 0.6) is 5.75 Å². The number of anilines is 1. The fourth-order valence-corrected chi connectivity index (χ4v) is 2.98. The fraction of sp³-hybridized carbons (Fsp3) is 0.300. The molecule has 1 amide bonds. The molecule has 2 N–H and O–H groups in total. The molecule has 0 saturated heterocycles. The highest BCUT2D eigenvalue weighted by molar-refractivity contribution is 5.97. The summed E-state index contributed by atoms with van der Waals surface area (Å²) in [6.45, 7) is 0. The average molecular weight is 393 g/mol. The second kappa shape index (κ2) is 7.53. The Kier molecular flexibility index (Phi) is 5.31. The molecular weight excluding hydrogens is 375 g/mol. The predicted octanol–water partition coefficient (Wildman–Crippen LogP) is 4.17. The number of carbonyl (C=O) groups excluding carboxylic acids is 1. The van der Waals surface area contributed by atoms with Crippen molar-refractivity contribution in [2.45, 2.75) is 32.0 Å². The third kappa shape index (κ3) is 5.25. The van der Waals surface area contributed by atoms with E-state index in [4.69, 9.17) is 5.11 Å². The first-order chi connectivity index (χ1) is 13.2. The van der Waals surface area contributed by atoms with Crippen LogP contribution in [0.25, 0.3) is 0 Å². The van der Waals surface area contributed by atoms with E-state index in [1.54, 1.807) is 24.3 Å². The van der Waals surface area contributed by atoms with Gasteiger partial charge >= 0.3 is 12.3 Å². The van der Waals surface area contributed by atoms with E-state index in [1.807, 2.05) is 0 Å². The molecule has 1 fully saturated rings. The second-order valence-corrected chi connectivity index (χ2v) is 6.87. The minimum Gasteiger partial charge on any atom is -0.481 e. The van der Waals surface area contributed by atoms with Gasteiger partial charge in [0.15, 0.2) is 0 Å². The summed E-state index contributed by atoms with van der Waals surface area (Å²) in [5.41, 5.74) is 1.37. The van der Waals surface area contributed by atoms with Gasteiger partial charge in [0.05, 0.1) is 11.8 Å². The van der Waals surface area contributed by atoms with Gasteiger partial charge in [-0.1, -0.05) is 24.3 Å². The zero-order chi connectivity index (χ0) is 20.4. The van der Waals surface area contributed by atoms with Crippen LogP contribution in [0.4, 0.5) is 18.9 Å². The minimum absolute atomic E-state index is 0.0911. The molecule has 148 valence electrons. The number of nitrogens with one attached hydrogen (secondary N) is 1. The topological polar surface area (TPSA) is 75.6 Å². The SMILES string of the molecule is O=C(O)Cc1ccc(NC(=O)C2(Cc3ccc(OC(F)(F)F)cc3)CC2)cc1. The van der Waals surface area contributed by atoms with Crippen LogP contribution in [0.15, 0.2) is 48.5 Å². The van der Waals surface area contributed by atoms with E-state index >= 15 is 0 Å². The number of carboxylic acids is 1. The molecule has 1 aliphatic carbocycles. The molecule has 1 aliphatic rings. The monoisotopic (exact) mass is 393 g/mol. The first-order valence-corrected chi connectivity index (χ1v) is 8.62. The zero-order valence-corrected chi connectivity index (χ0v) is 14.8. The van der Waals surface area contributed by atoms with E-state index in [1.165, 1.54) is 24.3 Å². The Morgan fingerprint density at radius 2 is 1.57 bits per heavy atom. The van der Waals surface area contributed by atoms with E-state index < -0.39 is 17.7 Å². The van der Waals surface area contributed by atoms with Crippen LogP contribution in [-0.4, -0.2) is 23.3 Å². The number of amides is 1. The van der Waals surface area contributed by atoms with E-state index in [-0.39, 0.29) is 18.1 Å². The van der Waals surface area contributed by atoms with Crippen LogP contribution in [-0.2, 0) is 22.4 Å². The summed E-state index contributed by atoms with van der Waals surface area (Å²) < 4.78 is 40.5.